The molecule has 0 spiro atoms. The first-order chi connectivity index (χ1) is 10.5. The van der Waals surface area contributed by atoms with Crippen molar-refractivity contribution >= 4 is 29.0 Å². The van der Waals surface area contributed by atoms with Gasteiger partial charge in [0, 0.05) is 12.5 Å². The maximum atomic E-state index is 11.9. The van der Waals surface area contributed by atoms with Crippen LogP contribution in [0.1, 0.15) is 18.4 Å². The van der Waals surface area contributed by atoms with E-state index >= 15 is 0 Å². The Labute approximate surface area is 130 Å². The number of carbonyl (C=O) groups excluding carboxylic acids is 1. The van der Waals surface area contributed by atoms with E-state index < -0.39 is 4.92 Å². The van der Waals surface area contributed by atoms with Crippen molar-refractivity contribution in [2.24, 2.45) is 0 Å². The average molecular weight is 322 g/mol. The number of anilines is 1. The topological polar surface area (TPSA) is 111 Å². The molecule has 9 heteroatoms. The maximum absolute atomic E-state index is 11.9. The van der Waals surface area contributed by atoms with Crippen molar-refractivity contribution in [1.82, 2.24) is 10.2 Å². The molecule has 116 valence electrons. The van der Waals surface area contributed by atoms with Gasteiger partial charge in [-0.2, -0.15) is 0 Å². The SMILES string of the molecule is CCc1nnc(SCC(=O)Nc2ccc(C)cc2[N+](=O)[O-])o1. The van der Waals surface area contributed by atoms with Crippen LogP contribution in [0.25, 0.3) is 0 Å². The number of rotatable bonds is 6. The number of nitro groups is 1. The van der Waals surface area contributed by atoms with Gasteiger partial charge in [-0.25, -0.2) is 0 Å². The molecule has 1 aromatic carbocycles. The van der Waals surface area contributed by atoms with Gasteiger partial charge in [0.05, 0.1) is 10.7 Å². The molecule has 2 rings (SSSR count). The van der Waals surface area contributed by atoms with Crippen molar-refractivity contribution in [3.8, 4) is 0 Å². The minimum atomic E-state index is -0.527. The minimum absolute atomic E-state index is 0.0242. The summed E-state index contributed by atoms with van der Waals surface area (Å²) in [4.78, 5) is 22.3. The van der Waals surface area contributed by atoms with Gasteiger partial charge in [0.2, 0.25) is 11.8 Å². The third-order valence-corrected chi connectivity index (χ3v) is 3.52. The summed E-state index contributed by atoms with van der Waals surface area (Å²) in [7, 11) is 0. The number of aromatic nitrogens is 2. The summed E-state index contributed by atoms with van der Waals surface area (Å²) >= 11 is 1.08. The fourth-order valence-electron chi connectivity index (χ4n) is 1.65. The molecule has 2 aromatic rings. The number of amides is 1. The van der Waals surface area contributed by atoms with Crippen molar-refractivity contribution < 1.29 is 14.1 Å². The van der Waals surface area contributed by atoms with Gasteiger partial charge in [-0.1, -0.05) is 24.8 Å². The maximum Gasteiger partial charge on any atom is 0.293 e. The summed E-state index contributed by atoms with van der Waals surface area (Å²) in [5, 5.41) is 21.4. The quantitative estimate of drug-likeness (QED) is 0.494. The molecule has 0 saturated carbocycles. The highest BCUT2D eigenvalue weighted by Gasteiger charge is 2.16. The molecule has 1 aromatic heterocycles. The number of nitrogens with zero attached hydrogens (tertiary/aromatic N) is 3. The van der Waals surface area contributed by atoms with Gasteiger partial charge in [0.1, 0.15) is 5.69 Å². The Kier molecular flexibility index (Phi) is 5.10. The highest BCUT2D eigenvalue weighted by atomic mass is 32.2. The van der Waals surface area contributed by atoms with Gasteiger partial charge >= 0.3 is 0 Å². The second-order valence-corrected chi connectivity index (χ2v) is 5.36. The number of hydrogen-bond acceptors (Lipinski definition) is 7. The van der Waals surface area contributed by atoms with Crippen molar-refractivity contribution in [1.29, 1.82) is 0 Å². The summed E-state index contributed by atoms with van der Waals surface area (Å²) in [6.45, 7) is 3.63. The van der Waals surface area contributed by atoms with Crippen LogP contribution < -0.4 is 5.32 Å². The number of benzene rings is 1. The van der Waals surface area contributed by atoms with Crippen molar-refractivity contribution in [3.63, 3.8) is 0 Å². The molecule has 0 radical (unpaired) electrons. The van der Waals surface area contributed by atoms with Crippen LogP contribution in [0.5, 0.6) is 0 Å². The number of nitrogens with one attached hydrogen (secondary N) is 1. The van der Waals surface area contributed by atoms with Crippen molar-refractivity contribution in [3.05, 3.63) is 39.8 Å². The molecule has 1 N–H and O–H groups in total. The molecule has 0 aliphatic carbocycles. The molecule has 0 unspecified atom stereocenters. The lowest BCUT2D eigenvalue weighted by Crippen LogP contribution is -2.15. The van der Waals surface area contributed by atoms with Crippen LogP contribution in [0.4, 0.5) is 11.4 Å². The molecular weight excluding hydrogens is 308 g/mol. The molecule has 0 aliphatic rings. The van der Waals surface area contributed by atoms with E-state index in [4.69, 9.17) is 4.42 Å². The van der Waals surface area contributed by atoms with E-state index in [1.165, 1.54) is 12.1 Å². The zero-order valence-electron chi connectivity index (χ0n) is 12.0. The van der Waals surface area contributed by atoms with Gasteiger partial charge < -0.3 is 9.73 Å². The van der Waals surface area contributed by atoms with Gasteiger partial charge in [-0.15, -0.1) is 10.2 Å². The molecule has 22 heavy (non-hydrogen) atoms. The first kappa shape index (κ1) is 16.0. The van der Waals surface area contributed by atoms with Gasteiger partial charge in [0.15, 0.2) is 0 Å². The Morgan fingerprint density at radius 1 is 1.45 bits per heavy atom. The number of carbonyl (C=O) groups is 1. The highest BCUT2D eigenvalue weighted by molar-refractivity contribution is 7.99. The fraction of sp³-hybridized carbons (Fsp3) is 0.308. The Bertz CT molecular complexity index is 701. The molecule has 0 atom stereocenters. The molecule has 0 aliphatic heterocycles. The molecular formula is C13H14N4O4S. The first-order valence-corrected chi connectivity index (χ1v) is 7.48. The summed E-state index contributed by atoms with van der Waals surface area (Å²) < 4.78 is 5.26. The average Bonchev–Trinajstić information content (AvgIpc) is 2.95. The Morgan fingerprint density at radius 3 is 2.86 bits per heavy atom. The van der Waals surface area contributed by atoms with Crippen LogP contribution in [0.2, 0.25) is 0 Å². The lowest BCUT2D eigenvalue weighted by atomic mass is 10.2. The minimum Gasteiger partial charge on any atom is -0.416 e. The van der Waals surface area contributed by atoms with Gasteiger partial charge in [-0.05, 0) is 18.6 Å². The number of hydrogen-bond donors (Lipinski definition) is 1. The number of nitro benzene ring substituents is 1. The first-order valence-electron chi connectivity index (χ1n) is 6.49. The highest BCUT2D eigenvalue weighted by Crippen LogP contribution is 2.25. The van der Waals surface area contributed by atoms with E-state index in [1.54, 1.807) is 13.0 Å². The smallest absolute Gasteiger partial charge is 0.293 e. The second kappa shape index (κ2) is 7.03. The third kappa shape index (κ3) is 4.04. The third-order valence-electron chi connectivity index (χ3n) is 2.70. The van der Waals surface area contributed by atoms with E-state index in [0.29, 0.717) is 17.5 Å². The summed E-state index contributed by atoms with van der Waals surface area (Å²) in [5.41, 5.74) is 0.780. The van der Waals surface area contributed by atoms with Crippen LogP contribution in [-0.4, -0.2) is 26.8 Å². The molecule has 0 bridgehead atoms. The van der Waals surface area contributed by atoms with Crippen LogP contribution in [-0.2, 0) is 11.2 Å². The van der Waals surface area contributed by atoms with Gasteiger partial charge in [-0.3, -0.25) is 14.9 Å². The largest absolute Gasteiger partial charge is 0.416 e. The van der Waals surface area contributed by atoms with E-state index in [9.17, 15) is 14.9 Å². The fourth-order valence-corrected chi connectivity index (χ4v) is 2.23. The van der Waals surface area contributed by atoms with E-state index in [-0.39, 0.29) is 23.0 Å². The van der Waals surface area contributed by atoms with Crippen molar-refractivity contribution in [2.45, 2.75) is 25.5 Å². The van der Waals surface area contributed by atoms with Gasteiger partial charge in [0.25, 0.3) is 10.9 Å². The van der Waals surface area contributed by atoms with Crippen LogP contribution >= 0.6 is 11.8 Å². The monoisotopic (exact) mass is 322 g/mol. The predicted molar refractivity (Wildman–Crippen MR) is 80.9 cm³/mol. The Balaban J connectivity index is 1.98. The van der Waals surface area contributed by atoms with Crippen molar-refractivity contribution in [2.75, 3.05) is 11.1 Å². The zero-order chi connectivity index (χ0) is 16.1. The van der Waals surface area contributed by atoms with E-state index in [1.807, 2.05) is 6.92 Å². The summed E-state index contributed by atoms with van der Waals surface area (Å²) in [5.74, 6) is 0.140. The molecule has 8 nitrogen and oxygen atoms in total. The van der Waals surface area contributed by atoms with Crippen LogP contribution in [0.3, 0.4) is 0 Å². The van der Waals surface area contributed by atoms with Crippen LogP contribution in [0.15, 0.2) is 27.8 Å². The lowest BCUT2D eigenvalue weighted by molar-refractivity contribution is -0.384. The molecule has 0 fully saturated rings. The van der Waals surface area contributed by atoms with E-state index in [0.717, 1.165) is 17.3 Å². The molecule has 0 saturated heterocycles. The predicted octanol–water partition coefficient (Wildman–Crippen LogP) is 2.58. The Morgan fingerprint density at radius 2 is 2.23 bits per heavy atom. The van der Waals surface area contributed by atoms with E-state index in [2.05, 4.69) is 15.5 Å². The summed E-state index contributed by atoms with van der Waals surface area (Å²) in [6, 6.07) is 4.62. The zero-order valence-corrected chi connectivity index (χ0v) is 12.8. The Hall–Kier alpha value is -2.42. The lowest BCUT2D eigenvalue weighted by Gasteiger charge is -2.05. The standard InChI is InChI=1S/C13H14N4O4S/c1-3-12-15-16-13(21-12)22-7-11(18)14-9-5-4-8(2)6-10(9)17(19)20/h4-6H,3,7H2,1-2H3,(H,14,18). The number of thioether (sulfide) groups is 1. The molecule has 1 heterocycles. The normalized spacial score (nSPS) is 10.5. The van der Waals surface area contributed by atoms with Crippen LogP contribution in [0, 0.1) is 17.0 Å². The molecule has 1 amide bonds. The number of aryl methyl sites for hydroxylation is 2. The summed E-state index contributed by atoms with van der Waals surface area (Å²) in [6.07, 6.45) is 0.620. The second-order valence-electron chi connectivity index (χ2n) is 4.43.